The lowest BCUT2D eigenvalue weighted by Gasteiger charge is -2.21. The summed E-state index contributed by atoms with van der Waals surface area (Å²) >= 11 is 0. The fourth-order valence-electron chi connectivity index (χ4n) is 1.57. The van der Waals surface area contributed by atoms with E-state index in [-0.39, 0.29) is 5.91 Å². The first kappa shape index (κ1) is 8.87. The number of hydrogen-bond donors (Lipinski definition) is 2. The molecule has 1 aliphatic rings. The zero-order valence-electron chi connectivity index (χ0n) is 8.29. The van der Waals surface area contributed by atoms with Crippen LogP contribution in [0.4, 0.5) is 5.82 Å². The van der Waals surface area contributed by atoms with Gasteiger partial charge in [0.15, 0.2) is 0 Å². The van der Waals surface area contributed by atoms with Gasteiger partial charge in [0.25, 0.3) is 5.91 Å². The van der Waals surface area contributed by atoms with Gasteiger partial charge in [0, 0.05) is 12.2 Å². The molecule has 0 atom stereocenters. The second-order valence-electron chi connectivity index (χ2n) is 3.64. The highest BCUT2D eigenvalue weighted by Crippen LogP contribution is 2.25. The average Bonchev–Trinajstić information content (AvgIpc) is 2.47. The molecular formula is C10H13N3O. The Labute approximate surface area is 82.6 Å². The number of carbonyl (C=O) groups excluding carboxylic acids is 1. The first-order chi connectivity index (χ1) is 6.59. The van der Waals surface area contributed by atoms with Crippen LogP contribution in [0.2, 0.25) is 0 Å². The van der Waals surface area contributed by atoms with Gasteiger partial charge < -0.3 is 15.2 Å². The molecule has 4 nitrogen and oxygen atoms in total. The molecule has 0 bridgehead atoms. The zero-order valence-corrected chi connectivity index (χ0v) is 8.29. The van der Waals surface area contributed by atoms with Gasteiger partial charge in [-0.15, -0.1) is 0 Å². The van der Waals surface area contributed by atoms with Gasteiger partial charge in [-0.2, -0.15) is 0 Å². The summed E-state index contributed by atoms with van der Waals surface area (Å²) in [4.78, 5) is 11.5. The van der Waals surface area contributed by atoms with Crippen molar-refractivity contribution < 1.29 is 4.79 Å². The lowest BCUT2D eigenvalue weighted by molar-refractivity contribution is 0.0964. The van der Waals surface area contributed by atoms with Crippen LogP contribution in [0.1, 0.15) is 30.2 Å². The van der Waals surface area contributed by atoms with Crippen LogP contribution in [0, 0.1) is 0 Å². The quantitative estimate of drug-likeness (QED) is 0.709. The van der Waals surface area contributed by atoms with Crippen molar-refractivity contribution in [1.29, 1.82) is 0 Å². The minimum atomic E-state index is -0.0943. The highest BCUT2D eigenvalue weighted by atomic mass is 16.2. The first-order valence-electron chi connectivity index (χ1n) is 4.57. The third-order valence-electron chi connectivity index (χ3n) is 2.25. The number of fused-ring (bicyclic) bond motifs is 1. The van der Waals surface area contributed by atoms with Crippen molar-refractivity contribution in [3.05, 3.63) is 30.2 Å². The van der Waals surface area contributed by atoms with Gasteiger partial charge in [-0.05, 0) is 19.9 Å². The molecule has 0 saturated heterocycles. The number of hydrogen-bond acceptors (Lipinski definition) is 2. The van der Waals surface area contributed by atoms with E-state index in [0.717, 1.165) is 5.82 Å². The summed E-state index contributed by atoms with van der Waals surface area (Å²) in [7, 11) is 0. The summed E-state index contributed by atoms with van der Waals surface area (Å²) in [5, 5.41) is 5.69. The molecule has 0 aliphatic carbocycles. The van der Waals surface area contributed by atoms with Gasteiger partial charge in [-0.3, -0.25) is 4.79 Å². The number of nitrogens with one attached hydrogen (secondary N) is 2. The van der Waals surface area contributed by atoms with Crippen molar-refractivity contribution in [2.75, 3.05) is 5.32 Å². The molecule has 14 heavy (non-hydrogen) atoms. The van der Waals surface area contributed by atoms with Crippen LogP contribution in [0.15, 0.2) is 24.7 Å². The molecule has 74 valence electrons. The van der Waals surface area contributed by atoms with Crippen molar-refractivity contribution in [3.63, 3.8) is 0 Å². The fraction of sp³-hybridized carbons (Fsp3) is 0.300. The Morgan fingerprint density at radius 1 is 1.43 bits per heavy atom. The van der Waals surface area contributed by atoms with E-state index in [0.29, 0.717) is 17.4 Å². The van der Waals surface area contributed by atoms with Crippen LogP contribution < -0.4 is 10.6 Å². The first-order valence-corrected chi connectivity index (χ1v) is 4.57. The maximum atomic E-state index is 11.5. The van der Waals surface area contributed by atoms with Gasteiger partial charge in [0.1, 0.15) is 11.6 Å². The van der Waals surface area contributed by atoms with Crippen molar-refractivity contribution in [2.24, 2.45) is 0 Å². The molecule has 4 heteroatoms. The molecule has 1 amide bonds. The summed E-state index contributed by atoms with van der Waals surface area (Å²) in [5.41, 5.74) is 0.672. The molecule has 1 aromatic heterocycles. The van der Waals surface area contributed by atoms with E-state index >= 15 is 0 Å². The Morgan fingerprint density at radius 2 is 2.14 bits per heavy atom. The maximum absolute atomic E-state index is 11.5. The Morgan fingerprint density at radius 3 is 2.79 bits per heavy atom. The number of carbonyl (C=O) groups is 1. The molecule has 1 aliphatic heterocycles. The van der Waals surface area contributed by atoms with Gasteiger partial charge >= 0.3 is 0 Å². The van der Waals surface area contributed by atoms with Gasteiger partial charge in [0.2, 0.25) is 0 Å². The highest BCUT2D eigenvalue weighted by molar-refractivity contribution is 6.02. The van der Waals surface area contributed by atoms with Crippen molar-refractivity contribution >= 4 is 11.7 Å². The Bertz CT molecular complexity index is 403. The Kier molecular flexibility index (Phi) is 1.84. The van der Waals surface area contributed by atoms with Crippen molar-refractivity contribution in [1.82, 2.24) is 9.88 Å². The van der Waals surface area contributed by atoms with Gasteiger partial charge in [-0.25, -0.2) is 0 Å². The predicted molar refractivity (Wildman–Crippen MR) is 55.0 cm³/mol. The number of nitrogens with zero attached hydrogens (tertiary/aromatic N) is 1. The standard InChI is InChI=1S/C10H13N3O/c1-6(2)13-5-4-8-9(13)11-7(3)12-10(8)14/h4-6,11H,3H2,1-2H3,(H,12,14). The monoisotopic (exact) mass is 191 g/mol. The average molecular weight is 191 g/mol. The predicted octanol–water partition coefficient (Wildman–Crippen LogP) is 1.70. The van der Waals surface area contributed by atoms with Crippen molar-refractivity contribution in [3.8, 4) is 0 Å². The highest BCUT2D eigenvalue weighted by Gasteiger charge is 2.22. The third kappa shape index (κ3) is 1.19. The lowest BCUT2D eigenvalue weighted by Crippen LogP contribution is -2.32. The molecule has 2 rings (SSSR count). The molecule has 0 aromatic carbocycles. The summed E-state index contributed by atoms with van der Waals surface area (Å²) in [6, 6.07) is 2.13. The molecular weight excluding hydrogens is 178 g/mol. The maximum Gasteiger partial charge on any atom is 0.260 e. The minimum absolute atomic E-state index is 0.0943. The molecule has 2 N–H and O–H groups in total. The second kappa shape index (κ2) is 2.90. The fourth-order valence-corrected chi connectivity index (χ4v) is 1.57. The smallest absolute Gasteiger partial charge is 0.260 e. The van der Waals surface area contributed by atoms with Crippen molar-refractivity contribution in [2.45, 2.75) is 19.9 Å². The minimum Gasteiger partial charge on any atom is -0.331 e. The summed E-state index contributed by atoms with van der Waals surface area (Å²) in [6.07, 6.45) is 1.90. The molecule has 0 saturated carbocycles. The number of amides is 1. The van der Waals surface area contributed by atoms with E-state index in [1.165, 1.54) is 0 Å². The van der Waals surface area contributed by atoms with Crippen LogP contribution >= 0.6 is 0 Å². The Balaban J connectivity index is 2.51. The summed E-state index contributed by atoms with van der Waals surface area (Å²) < 4.78 is 2.01. The SMILES string of the molecule is C=C1NC(=O)c2ccn(C(C)C)c2N1. The molecule has 2 heterocycles. The molecule has 0 unspecified atom stereocenters. The molecule has 0 radical (unpaired) electrons. The normalized spacial score (nSPS) is 15.1. The van der Waals surface area contributed by atoms with Crippen LogP contribution in [-0.2, 0) is 0 Å². The topological polar surface area (TPSA) is 46.1 Å². The lowest BCUT2D eigenvalue weighted by atomic mass is 10.2. The Hall–Kier alpha value is -1.71. The van der Waals surface area contributed by atoms with E-state index in [9.17, 15) is 4.79 Å². The van der Waals surface area contributed by atoms with Crippen LogP contribution in [-0.4, -0.2) is 10.5 Å². The summed E-state index contributed by atoms with van der Waals surface area (Å²) in [6.45, 7) is 7.82. The molecule has 0 spiro atoms. The van der Waals surface area contributed by atoms with E-state index in [4.69, 9.17) is 0 Å². The van der Waals surface area contributed by atoms with Crippen LogP contribution in [0.3, 0.4) is 0 Å². The third-order valence-corrected chi connectivity index (χ3v) is 2.25. The zero-order chi connectivity index (χ0) is 10.3. The van der Waals surface area contributed by atoms with E-state index in [1.807, 2.05) is 16.8 Å². The van der Waals surface area contributed by atoms with E-state index < -0.39 is 0 Å². The van der Waals surface area contributed by atoms with E-state index in [2.05, 4.69) is 31.1 Å². The number of aromatic nitrogens is 1. The van der Waals surface area contributed by atoms with Crippen LogP contribution in [0.5, 0.6) is 0 Å². The molecule has 1 aromatic rings. The van der Waals surface area contributed by atoms with E-state index in [1.54, 1.807) is 0 Å². The van der Waals surface area contributed by atoms with Gasteiger partial charge in [0.05, 0.1) is 5.56 Å². The molecule has 0 fully saturated rings. The van der Waals surface area contributed by atoms with Crippen LogP contribution in [0.25, 0.3) is 0 Å². The number of rotatable bonds is 1. The number of anilines is 1. The largest absolute Gasteiger partial charge is 0.331 e. The summed E-state index contributed by atoms with van der Waals surface area (Å²) in [5.74, 6) is 1.26. The second-order valence-corrected chi connectivity index (χ2v) is 3.64. The van der Waals surface area contributed by atoms with Gasteiger partial charge in [-0.1, -0.05) is 6.58 Å².